The lowest BCUT2D eigenvalue weighted by Crippen LogP contribution is -2.35. The second-order valence-corrected chi connectivity index (χ2v) is 7.17. The van der Waals surface area contributed by atoms with Gasteiger partial charge in [-0.25, -0.2) is 4.68 Å². The molecule has 1 amide bonds. The monoisotopic (exact) mass is 372 g/mol. The minimum Gasteiger partial charge on any atom is -0.467 e. The number of tetrazole rings is 1. The fourth-order valence-corrected chi connectivity index (χ4v) is 3.32. The van der Waals surface area contributed by atoms with Crippen molar-refractivity contribution in [3.8, 4) is 0 Å². The van der Waals surface area contributed by atoms with Crippen molar-refractivity contribution in [1.82, 2.24) is 30.5 Å². The van der Waals surface area contributed by atoms with Gasteiger partial charge < -0.3 is 9.73 Å². The summed E-state index contributed by atoms with van der Waals surface area (Å²) < 4.78 is 6.97. The summed E-state index contributed by atoms with van der Waals surface area (Å²) >= 11 is 1.35. The van der Waals surface area contributed by atoms with Gasteiger partial charge in [-0.15, -0.1) is 5.10 Å². The van der Waals surface area contributed by atoms with Gasteiger partial charge in [0.15, 0.2) is 0 Å². The highest BCUT2D eigenvalue weighted by atomic mass is 32.2. The van der Waals surface area contributed by atoms with Crippen molar-refractivity contribution in [3.63, 3.8) is 0 Å². The predicted molar refractivity (Wildman–Crippen MR) is 96.2 cm³/mol. The summed E-state index contributed by atoms with van der Waals surface area (Å²) in [5.41, 5.74) is 0.955. The third-order valence-electron chi connectivity index (χ3n) is 3.67. The molecule has 9 heteroatoms. The van der Waals surface area contributed by atoms with Crippen LogP contribution in [0.4, 0.5) is 0 Å². The summed E-state index contributed by atoms with van der Waals surface area (Å²) in [6.45, 7) is 4.86. The third-order valence-corrected chi connectivity index (χ3v) is 5.19. The summed E-state index contributed by atoms with van der Waals surface area (Å²) in [7, 11) is 0. The molecule has 1 atom stereocenters. The number of aromatic nitrogens is 5. The van der Waals surface area contributed by atoms with E-state index in [1.54, 1.807) is 23.3 Å². The molecule has 8 nitrogen and oxygen atoms in total. The number of pyridine rings is 1. The number of carbonyl (C=O) groups excluding carboxylic acids is 1. The molecule has 0 bridgehead atoms. The largest absolute Gasteiger partial charge is 0.467 e. The maximum atomic E-state index is 12.7. The van der Waals surface area contributed by atoms with Crippen LogP contribution < -0.4 is 5.32 Å². The summed E-state index contributed by atoms with van der Waals surface area (Å²) in [5, 5.41) is 15.0. The van der Waals surface area contributed by atoms with E-state index in [4.69, 9.17) is 4.42 Å². The fourth-order valence-electron chi connectivity index (χ4n) is 2.33. The maximum absolute atomic E-state index is 12.7. The van der Waals surface area contributed by atoms with E-state index in [9.17, 15) is 4.79 Å². The predicted octanol–water partition coefficient (Wildman–Crippen LogP) is 2.14. The van der Waals surface area contributed by atoms with Crippen LogP contribution in [-0.2, 0) is 17.9 Å². The number of hydrogen-bond acceptors (Lipinski definition) is 7. The zero-order valence-corrected chi connectivity index (χ0v) is 15.4. The normalized spacial score (nSPS) is 12.3. The van der Waals surface area contributed by atoms with Crippen molar-refractivity contribution in [3.05, 3.63) is 54.2 Å². The molecule has 3 heterocycles. The van der Waals surface area contributed by atoms with Crippen LogP contribution in [0.2, 0.25) is 0 Å². The average Bonchev–Trinajstić information content (AvgIpc) is 3.31. The molecule has 0 aliphatic carbocycles. The van der Waals surface area contributed by atoms with Crippen molar-refractivity contribution < 1.29 is 9.21 Å². The molecule has 26 heavy (non-hydrogen) atoms. The van der Waals surface area contributed by atoms with Crippen molar-refractivity contribution >= 4 is 17.7 Å². The Morgan fingerprint density at radius 3 is 2.92 bits per heavy atom. The lowest BCUT2D eigenvalue weighted by Gasteiger charge is -2.19. The summed E-state index contributed by atoms with van der Waals surface area (Å²) in [6.07, 6.45) is 5.05. The minimum atomic E-state index is -0.312. The molecule has 0 saturated heterocycles. The van der Waals surface area contributed by atoms with Crippen molar-refractivity contribution in [2.24, 2.45) is 5.92 Å². The van der Waals surface area contributed by atoms with Gasteiger partial charge in [0.1, 0.15) is 12.3 Å². The molecule has 0 aliphatic heterocycles. The Balaban J connectivity index is 1.65. The van der Waals surface area contributed by atoms with Crippen LogP contribution >= 0.6 is 11.8 Å². The summed E-state index contributed by atoms with van der Waals surface area (Å²) in [6, 6.07) is 7.44. The Bertz CT molecular complexity index is 819. The van der Waals surface area contributed by atoms with Crippen LogP contribution in [0.3, 0.4) is 0 Å². The van der Waals surface area contributed by atoms with E-state index < -0.39 is 0 Å². The highest BCUT2D eigenvalue weighted by molar-refractivity contribution is 8.00. The van der Waals surface area contributed by atoms with Gasteiger partial charge in [0.25, 0.3) is 0 Å². The molecule has 1 N–H and O–H groups in total. The summed E-state index contributed by atoms with van der Waals surface area (Å²) in [5.74, 6) is 0.810. The van der Waals surface area contributed by atoms with Crippen LogP contribution in [0.5, 0.6) is 0 Å². The SMILES string of the molecule is CC(C)C(Sc1nnnn1Cc1ccco1)C(=O)NCc1cccnc1. The number of rotatable bonds is 8. The molecule has 136 valence electrons. The van der Waals surface area contributed by atoms with Gasteiger partial charge in [0.2, 0.25) is 11.1 Å². The number of furan rings is 1. The first kappa shape index (κ1) is 18.1. The molecule has 0 aromatic carbocycles. The number of hydrogen-bond donors (Lipinski definition) is 1. The van der Waals surface area contributed by atoms with Gasteiger partial charge in [-0.1, -0.05) is 31.7 Å². The van der Waals surface area contributed by atoms with Crippen LogP contribution in [0, 0.1) is 5.92 Å². The Labute approximate surface area is 155 Å². The maximum Gasteiger partial charge on any atom is 0.234 e. The number of carbonyl (C=O) groups is 1. The number of thioether (sulfide) groups is 1. The first-order chi connectivity index (χ1) is 12.6. The standard InChI is InChI=1S/C17H20N6O2S/c1-12(2)15(16(24)19-10-13-5-3-7-18-9-13)26-17-20-21-22-23(17)11-14-6-4-8-25-14/h3-9,12,15H,10-11H2,1-2H3,(H,19,24). The van der Waals surface area contributed by atoms with Gasteiger partial charge in [-0.3, -0.25) is 9.78 Å². The zero-order valence-electron chi connectivity index (χ0n) is 14.6. The smallest absolute Gasteiger partial charge is 0.234 e. The van der Waals surface area contributed by atoms with Crippen LogP contribution in [0.1, 0.15) is 25.2 Å². The molecule has 3 rings (SSSR count). The van der Waals surface area contributed by atoms with Crippen LogP contribution in [0.25, 0.3) is 0 Å². The molecule has 0 fully saturated rings. The molecule has 0 aliphatic rings. The molecular formula is C17H20N6O2S. The summed E-state index contributed by atoms with van der Waals surface area (Å²) in [4.78, 5) is 16.7. The molecule has 0 spiro atoms. The molecular weight excluding hydrogens is 352 g/mol. The van der Waals surface area contributed by atoms with Crippen molar-refractivity contribution in [2.45, 2.75) is 37.3 Å². The van der Waals surface area contributed by atoms with Crippen molar-refractivity contribution in [1.29, 1.82) is 0 Å². The highest BCUT2D eigenvalue weighted by Crippen LogP contribution is 2.26. The Morgan fingerprint density at radius 1 is 1.35 bits per heavy atom. The van der Waals surface area contributed by atoms with Gasteiger partial charge in [-0.2, -0.15) is 0 Å². The quantitative estimate of drug-likeness (QED) is 0.605. The molecule has 0 saturated carbocycles. The van der Waals surface area contributed by atoms with Gasteiger partial charge in [0, 0.05) is 18.9 Å². The number of nitrogens with one attached hydrogen (secondary N) is 1. The Hall–Kier alpha value is -2.68. The van der Waals surface area contributed by atoms with Crippen LogP contribution in [0.15, 0.2) is 52.5 Å². The van der Waals surface area contributed by atoms with Gasteiger partial charge >= 0.3 is 0 Å². The van der Waals surface area contributed by atoms with Crippen molar-refractivity contribution in [2.75, 3.05) is 0 Å². The first-order valence-corrected chi connectivity index (χ1v) is 9.13. The van der Waals surface area contributed by atoms with E-state index in [1.807, 2.05) is 38.1 Å². The lowest BCUT2D eigenvalue weighted by molar-refractivity contribution is -0.121. The van der Waals surface area contributed by atoms with E-state index in [0.29, 0.717) is 18.2 Å². The van der Waals surface area contributed by atoms with E-state index in [0.717, 1.165) is 11.3 Å². The minimum absolute atomic E-state index is 0.0543. The molecule has 1 unspecified atom stereocenters. The topological polar surface area (TPSA) is 98.7 Å². The van der Waals surface area contributed by atoms with E-state index in [-0.39, 0.29) is 17.1 Å². The third kappa shape index (κ3) is 4.69. The number of nitrogens with zero attached hydrogens (tertiary/aromatic N) is 5. The fraction of sp³-hybridized carbons (Fsp3) is 0.353. The van der Waals surface area contributed by atoms with E-state index in [1.165, 1.54) is 11.8 Å². The molecule has 0 radical (unpaired) electrons. The average molecular weight is 372 g/mol. The Morgan fingerprint density at radius 2 is 2.23 bits per heavy atom. The van der Waals surface area contributed by atoms with Crippen LogP contribution in [-0.4, -0.2) is 36.3 Å². The lowest BCUT2D eigenvalue weighted by atomic mass is 10.1. The number of amides is 1. The zero-order chi connectivity index (χ0) is 18.4. The highest BCUT2D eigenvalue weighted by Gasteiger charge is 2.26. The Kier molecular flexibility index (Phi) is 6.00. The molecule has 3 aromatic rings. The molecule has 3 aromatic heterocycles. The van der Waals surface area contributed by atoms with E-state index >= 15 is 0 Å². The second kappa shape index (κ2) is 8.61. The van der Waals surface area contributed by atoms with E-state index in [2.05, 4.69) is 25.8 Å². The second-order valence-electron chi connectivity index (χ2n) is 6.06. The first-order valence-electron chi connectivity index (χ1n) is 8.25. The van der Waals surface area contributed by atoms with Gasteiger partial charge in [0.05, 0.1) is 11.5 Å². The van der Waals surface area contributed by atoms with Gasteiger partial charge in [-0.05, 0) is 40.1 Å².